The number of methoxy groups -OCH3 is 1. The average molecular weight is 389 g/mol. The molecular formula is C22H29ClN2O2. The third-order valence-electron chi connectivity index (χ3n) is 5.34. The third kappa shape index (κ3) is 5.47. The van der Waals surface area contributed by atoms with Crippen LogP contribution >= 0.6 is 12.4 Å². The first-order valence-corrected chi connectivity index (χ1v) is 9.37. The predicted molar refractivity (Wildman–Crippen MR) is 111 cm³/mol. The minimum Gasteiger partial charge on any atom is -0.497 e. The summed E-state index contributed by atoms with van der Waals surface area (Å²) in [5.74, 6) is 1.81. The Morgan fingerprint density at radius 2 is 1.81 bits per heavy atom. The lowest BCUT2D eigenvalue weighted by atomic mass is 9.89. The fraction of sp³-hybridized carbons (Fsp3) is 0.409. The zero-order valence-electron chi connectivity index (χ0n) is 15.8. The highest BCUT2D eigenvalue weighted by Gasteiger charge is 2.34. The molecule has 1 aliphatic heterocycles. The molecule has 2 aromatic rings. The first kappa shape index (κ1) is 21.3. The number of rotatable bonds is 7. The van der Waals surface area contributed by atoms with Crippen LogP contribution in [0.25, 0.3) is 0 Å². The lowest BCUT2D eigenvalue weighted by Crippen LogP contribution is -2.29. The standard InChI is InChI=1S/C22H28N2O2.ClH/c1-26-20-12-10-17(11-13-20)6-5-9-22(25)24-15-19(14-23)21(16-24)18-7-3-2-4-8-18;/h2-4,7-8,10-13,19,21H,5-6,9,14-16,23H2,1H3;1H/t19-,21+;/m1./s1. The minimum absolute atomic E-state index is 0. The Morgan fingerprint density at radius 3 is 2.44 bits per heavy atom. The van der Waals surface area contributed by atoms with Gasteiger partial charge in [0.15, 0.2) is 0 Å². The van der Waals surface area contributed by atoms with Gasteiger partial charge in [0, 0.05) is 25.4 Å². The van der Waals surface area contributed by atoms with E-state index in [1.54, 1.807) is 7.11 Å². The number of hydrogen-bond donors (Lipinski definition) is 1. The maximum atomic E-state index is 12.6. The Morgan fingerprint density at radius 1 is 1.11 bits per heavy atom. The van der Waals surface area contributed by atoms with Crippen LogP contribution < -0.4 is 10.5 Å². The van der Waals surface area contributed by atoms with Gasteiger partial charge in [-0.2, -0.15) is 0 Å². The molecule has 1 heterocycles. The van der Waals surface area contributed by atoms with Crippen LogP contribution in [0.3, 0.4) is 0 Å². The van der Waals surface area contributed by atoms with Gasteiger partial charge < -0.3 is 15.4 Å². The number of ether oxygens (including phenoxy) is 1. The van der Waals surface area contributed by atoms with Crippen molar-refractivity contribution in [2.45, 2.75) is 25.2 Å². The number of likely N-dealkylation sites (tertiary alicyclic amines) is 1. The van der Waals surface area contributed by atoms with Gasteiger partial charge >= 0.3 is 0 Å². The maximum absolute atomic E-state index is 12.6. The van der Waals surface area contributed by atoms with E-state index in [0.717, 1.165) is 31.7 Å². The second kappa shape index (κ2) is 10.3. The van der Waals surface area contributed by atoms with Crippen molar-refractivity contribution in [2.75, 3.05) is 26.7 Å². The van der Waals surface area contributed by atoms with E-state index < -0.39 is 0 Å². The Kier molecular flexibility index (Phi) is 8.14. The molecule has 0 saturated carbocycles. The van der Waals surface area contributed by atoms with Crippen LogP contribution in [0.4, 0.5) is 0 Å². The largest absolute Gasteiger partial charge is 0.497 e. The number of amides is 1. The van der Waals surface area contributed by atoms with E-state index in [9.17, 15) is 4.79 Å². The number of aryl methyl sites for hydroxylation is 1. The lowest BCUT2D eigenvalue weighted by molar-refractivity contribution is -0.130. The maximum Gasteiger partial charge on any atom is 0.222 e. The zero-order chi connectivity index (χ0) is 18.4. The summed E-state index contributed by atoms with van der Waals surface area (Å²) in [5.41, 5.74) is 8.50. The monoisotopic (exact) mass is 388 g/mol. The Bertz CT molecular complexity index is 706. The molecule has 1 aliphatic rings. The molecular weight excluding hydrogens is 360 g/mol. The number of nitrogens with zero attached hydrogens (tertiary/aromatic N) is 1. The number of carbonyl (C=O) groups excluding carboxylic acids is 1. The summed E-state index contributed by atoms with van der Waals surface area (Å²) in [7, 11) is 1.67. The van der Waals surface area contributed by atoms with Crippen LogP contribution in [-0.4, -0.2) is 37.6 Å². The van der Waals surface area contributed by atoms with Crippen molar-refractivity contribution in [3.63, 3.8) is 0 Å². The summed E-state index contributed by atoms with van der Waals surface area (Å²) in [4.78, 5) is 14.6. The quantitative estimate of drug-likeness (QED) is 0.787. The SMILES string of the molecule is COc1ccc(CCCC(=O)N2C[C@@H](CN)[C@H](c3ccccc3)C2)cc1.Cl. The van der Waals surface area contributed by atoms with Gasteiger partial charge in [-0.3, -0.25) is 4.79 Å². The second-order valence-corrected chi connectivity index (χ2v) is 7.01. The highest BCUT2D eigenvalue weighted by Crippen LogP contribution is 2.32. The molecule has 0 spiro atoms. The molecule has 2 N–H and O–H groups in total. The van der Waals surface area contributed by atoms with E-state index in [1.807, 2.05) is 23.1 Å². The lowest BCUT2D eigenvalue weighted by Gasteiger charge is -2.17. The van der Waals surface area contributed by atoms with E-state index in [2.05, 4.69) is 36.4 Å². The summed E-state index contributed by atoms with van der Waals surface area (Å²) >= 11 is 0. The van der Waals surface area contributed by atoms with Crippen LogP contribution in [-0.2, 0) is 11.2 Å². The Balaban J connectivity index is 0.00000261. The van der Waals surface area contributed by atoms with Crippen molar-refractivity contribution in [3.8, 4) is 5.75 Å². The summed E-state index contributed by atoms with van der Waals surface area (Å²) in [6.07, 6.45) is 2.36. The van der Waals surface area contributed by atoms with E-state index in [1.165, 1.54) is 11.1 Å². The normalized spacial score (nSPS) is 18.8. The van der Waals surface area contributed by atoms with E-state index in [-0.39, 0.29) is 18.3 Å². The van der Waals surface area contributed by atoms with Crippen LogP contribution in [0.15, 0.2) is 54.6 Å². The highest BCUT2D eigenvalue weighted by molar-refractivity contribution is 5.85. The molecule has 2 aromatic carbocycles. The van der Waals surface area contributed by atoms with E-state index in [0.29, 0.717) is 24.8 Å². The van der Waals surface area contributed by atoms with Gasteiger partial charge in [0.2, 0.25) is 5.91 Å². The molecule has 0 bridgehead atoms. The smallest absolute Gasteiger partial charge is 0.222 e. The van der Waals surface area contributed by atoms with Gasteiger partial charge in [0.1, 0.15) is 5.75 Å². The minimum atomic E-state index is 0. The number of nitrogens with two attached hydrogens (primary N) is 1. The van der Waals surface area contributed by atoms with Crippen LogP contribution in [0.2, 0.25) is 0 Å². The molecule has 1 saturated heterocycles. The van der Waals surface area contributed by atoms with Gasteiger partial charge in [-0.05, 0) is 48.6 Å². The van der Waals surface area contributed by atoms with Gasteiger partial charge in [0.25, 0.3) is 0 Å². The topological polar surface area (TPSA) is 55.6 Å². The fourth-order valence-electron chi connectivity index (χ4n) is 3.79. The van der Waals surface area contributed by atoms with Crippen LogP contribution in [0.5, 0.6) is 5.75 Å². The average Bonchev–Trinajstić information content (AvgIpc) is 3.14. The van der Waals surface area contributed by atoms with Crippen molar-refractivity contribution in [2.24, 2.45) is 11.7 Å². The number of hydrogen-bond acceptors (Lipinski definition) is 3. The molecule has 5 heteroatoms. The molecule has 0 aromatic heterocycles. The molecule has 2 atom stereocenters. The molecule has 27 heavy (non-hydrogen) atoms. The van der Waals surface area contributed by atoms with Gasteiger partial charge in [0.05, 0.1) is 7.11 Å². The molecule has 1 fully saturated rings. The molecule has 0 radical (unpaired) electrons. The van der Waals surface area contributed by atoms with E-state index >= 15 is 0 Å². The summed E-state index contributed by atoms with van der Waals surface area (Å²) < 4.78 is 5.18. The predicted octanol–water partition coefficient (Wildman–Crippen LogP) is 3.64. The second-order valence-electron chi connectivity index (χ2n) is 7.01. The van der Waals surface area contributed by atoms with Crippen molar-refractivity contribution in [1.29, 1.82) is 0 Å². The Labute approximate surface area is 168 Å². The molecule has 146 valence electrons. The van der Waals surface area contributed by atoms with Crippen LogP contribution in [0.1, 0.15) is 29.9 Å². The molecule has 0 unspecified atom stereocenters. The number of benzene rings is 2. The molecule has 3 rings (SSSR count). The first-order valence-electron chi connectivity index (χ1n) is 9.37. The van der Waals surface area contributed by atoms with Crippen molar-refractivity contribution in [1.82, 2.24) is 4.90 Å². The summed E-state index contributed by atoms with van der Waals surface area (Å²) in [6, 6.07) is 18.5. The number of halogens is 1. The number of carbonyl (C=O) groups is 1. The van der Waals surface area contributed by atoms with Crippen molar-refractivity contribution < 1.29 is 9.53 Å². The zero-order valence-corrected chi connectivity index (χ0v) is 16.7. The first-order chi connectivity index (χ1) is 12.7. The van der Waals surface area contributed by atoms with Gasteiger partial charge in [-0.15, -0.1) is 12.4 Å². The highest BCUT2D eigenvalue weighted by atomic mass is 35.5. The summed E-state index contributed by atoms with van der Waals surface area (Å²) in [5, 5.41) is 0. The van der Waals surface area contributed by atoms with Crippen LogP contribution in [0, 0.1) is 5.92 Å². The molecule has 4 nitrogen and oxygen atoms in total. The molecule has 1 amide bonds. The summed E-state index contributed by atoms with van der Waals surface area (Å²) in [6.45, 7) is 2.18. The van der Waals surface area contributed by atoms with Gasteiger partial charge in [-0.1, -0.05) is 42.5 Å². The Hall–Kier alpha value is -2.04. The molecule has 0 aliphatic carbocycles. The third-order valence-corrected chi connectivity index (χ3v) is 5.34. The van der Waals surface area contributed by atoms with Crippen molar-refractivity contribution in [3.05, 3.63) is 65.7 Å². The van der Waals surface area contributed by atoms with Crippen molar-refractivity contribution >= 4 is 18.3 Å². The van der Waals surface area contributed by atoms with Gasteiger partial charge in [-0.25, -0.2) is 0 Å². The fourth-order valence-corrected chi connectivity index (χ4v) is 3.79. The van der Waals surface area contributed by atoms with E-state index in [4.69, 9.17) is 10.5 Å².